The summed E-state index contributed by atoms with van der Waals surface area (Å²) >= 11 is 1.99. The number of fused-ring (bicyclic) bond motifs is 1. The Hall–Kier alpha value is -0.670. The molecule has 0 saturated heterocycles. The fourth-order valence-electron chi connectivity index (χ4n) is 2.76. The average molecular weight is 265 g/mol. The molecule has 0 fully saturated rings. The molecule has 1 aliphatic carbocycles. The molecule has 2 nitrogen and oxygen atoms in total. The van der Waals surface area contributed by atoms with Gasteiger partial charge in [-0.25, -0.2) is 0 Å². The molecule has 0 aliphatic heterocycles. The van der Waals surface area contributed by atoms with Crippen LogP contribution in [-0.4, -0.2) is 22.2 Å². The van der Waals surface area contributed by atoms with Crippen LogP contribution in [0.1, 0.15) is 38.3 Å². The number of phenols is 1. The van der Waals surface area contributed by atoms with Gasteiger partial charge >= 0.3 is 0 Å². The minimum atomic E-state index is -0.0717. The SMILES string of the molecule is CCCS[C@@H]1Cc2ccc(O)cc2C(C)(C)[C@H]1N. The zero-order valence-corrected chi connectivity index (χ0v) is 12.3. The molecule has 2 atom stereocenters. The van der Waals surface area contributed by atoms with Crippen molar-refractivity contribution in [3.8, 4) is 5.75 Å². The molecule has 1 aromatic rings. The summed E-state index contributed by atoms with van der Waals surface area (Å²) in [4.78, 5) is 0. The predicted octanol–water partition coefficient (Wildman–Crippen LogP) is 3.07. The third-order valence-corrected chi connectivity index (χ3v) is 5.51. The highest BCUT2D eigenvalue weighted by Gasteiger charge is 2.40. The molecule has 0 heterocycles. The van der Waals surface area contributed by atoms with Gasteiger partial charge in [0.2, 0.25) is 0 Å². The molecule has 2 rings (SSSR count). The normalized spacial score (nSPS) is 25.8. The van der Waals surface area contributed by atoms with Gasteiger partial charge in [-0.2, -0.15) is 11.8 Å². The first kappa shape index (κ1) is 13.8. The number of benzene rings is 1. The van der Waals surface area contributed by atoms with Gasteiger partial charge in [0, 0.05) is 16.7 Å². The lowest BCUT2D eigenvalue weighted by molar-refractivity contribution is 0.369. The van der Waals surface area contributed by atoms with Gasteiger partial charge in [0.15, 0.2) is 0 Å². The molecule has 0 radical (unpaired) electrons. The Balaban J connectivity index is 2.34. The van der Waals surface area contributed by atoms with Crippen LogP contribution < -0.4 is 5.73 Å². The van der Waals surface area contributed by atoms with Crippen molar-refractivity contribution >= 4 is 11.8 Å². The number of hydrogen-bond donors (Lipinski definition) is 2. The second-order valence-corrected chi connectivity index (χ2v) is 7.05. The minimum absolute atomic E-state index is 0.0717. The van der Waals surface area contributed by atoms with Gasteiger partial charge in [0.25, 0.3) is 0 Å². The molecule has 0 bridgehead atoms. The second kappa shape index (κ2) is 5.14. The third-order valence-electron chi connectivity index (χ3n) is 3.98. The molecule has 0 aromatic heterocycles. The maximum atomic E-state index is 9.67. The lowest BCUT2D eigenvalue weighted by Crippen LogP contribution is -2.52. The second-order valence-electron chi connectivity index (χ2n) is 5.70. The van der Waals surface area contributed by atoms with E-state index in [1.165, 1.54) is 23.3 Å². The van der Waals surface area contributed by atoms with Crippen molar-refractivity contribution in [1.29, 1.82) is 0 Å². The van der Waals surface area contributed by atoms with E-state index in [0.29, 0.717) is 11.0 Å². The van der Waals surface area contributed by atoms with Gasteiger partial charge in [0.05, 0.1) is 0 Å². The summed E-state index contributed by atoms with van der Waals surface area (Å²) in [7, 11) is 0. The Morgan fingerprint density at radius 1 is 1.44 bits per heavy atom. The van der Waals surface area contributed by atoms with Crippen LogP contribution in [0.2, 0.25) is 0 Å². The standard InChI is InChI=1S/C15H23NOS/c1-4-7-18-13-8-10-5-6-11(17)9-12(10)15(2,3)14(13)16/h5-6,9,13-14,17H,4,7-8,16H2,1-3H3/t13-,14+/m1/s1. The number of hydrogen-bond acceptors (Lipinski definition) is 3. The zero-order chi connectivity index (χ0) is 13.3. The van der Waals surface area contributed by atoms with E-state index in [1.807, 2.05) is 17.8 Å². The van der Waals surface area contributed by atoms with E-state index in [9.17, 15) is 5.11 Å². The summed E-state index contributed by atoms with van der Waals surface area (Å²) in [5.41, 5.74) is 8.94. The van der Waals surface area contributed by atoms with E-state index >= 15 is 0 Å². The molecular formula is C15H23NOS. The lowest BCUT2D eigenvalue weighted by atomic mass is 9.69. The molecule has 0 saturated carbocycles. The average Bonchev–Trinajstić information content (AvgIpc) is 2.33. The van der Waals surface area contributed by atoms with Gasteiger partial charge < -0.3 is 10.8 Å². The van der Waals surface area contributed by atoms with Gasteiger partial charge in [0.1, 0.15) is 5.75 Å². The Morgan fingerprint density at radius 3 is 2.83 bits per heavy atom. The number of nitrogens with two attached hydrogens (primary N) is 1. The topological polar surface area (TPSA) is 46.2 Å². The van der Waals surface area contributed by atoms with E-state index < -0.39 is 0 Å². The summed E-state index contributed by atoms with van der Waals surface area (Å²) < 4.78 is 0. The van der Waals surface area contributed by atoms with Crippen molar-refractivity contribution in [2.45, 2.75) is 50.3 Å². The van der Waals surface area contributed by atoms with Crippen molar-refractivity contribution in [3.05, 3.63) is 29.3 Å². The minimum Gasteiger partial charge on any atom is -0.508 e. The van der Waals surface area contributed by atoms with Gasteiger partial charge in [-0.15, -0.1) is 0 Å². The summed E-state index contributed by atoms with van der Waals surface area (Å²) in [5.74, 6) is 1.51. The predicted molar refractivity (Wildman–Crippen MR) is 79.3 cm³/mol. The van der Waals surface area contributed by atoms with Crippen LogP contribution in [0, 0.1) is 0 Å². The first-order valence-electron chi connectivity index (χ1n) is 6.66. The van der Waals surface area contributed by atoms with Gasteiger partial charge in [-0.1, -0.05) is 26.8 Å². The van der Waals surface area contributed by atoms with E-state index in [4.69, 9.17) is 5.73 Å². The maximum Gasteiger partial charge on any atom is 0.115 e. The highest BCUT2D eigenvalue weighted by Crippen LogP contribution is 2.41. The van der Waals surface area contributed by atoms with Crippen molar-refractivity contribution in [3.63, 3.8) is 0 Å². The molecule has 3 N–H and O–H groups in total. The summed E-state index contributed by atoms with van der Waals surface area (Å²) in [6.45, 7) is 6.59. The Bertz CT molecular complexity index is 431. The Morgan fingerprint density at radius 2 is 2.17 bits per heavy atom. The maximum absolute atomic E-state index is 9.67. The first-order valence-corrected chi connectivity index (χ1v) is 7.71. The number of phenolic OH excluding ortho intramolecular Hbond substituents is 1. The highest BCUT2D eigenvalue weighted by atomic mass is 32.2. The molecule has 0 unspecified atom stereocenters. The molecule has 100 valence electrons. The third kappa shape index (κ3) is 2.39. The molecule has 0 amide bonds. The van der Waals surface area contributed by atoms with Crippen LogP contribution in [0.3, 0.4) is 0 Å². The summed E-state index contributed by atoms with van der Waals surface area (Å²) in [5, 5.41) is 10.2. The van der Waals surface area contributed by atoms with E-state index in [1.54, 1.807) is 6.07 Å². The monoisotopic (exact) mass is 265 g/mol. The molecule has 1 aromatic carbocycles. The van der Waals surface area contributed by atoms with E-state index in [0.717, 1.165) is 6.42 Å². The Labute approximate surface area is 114 Å². The van der Waals surface area contributed by atoms with Crippen molar-refractivity contribution < 1.29 is 5.11 Å². The van der Waals surface area contributed by atoms with E-state index in [-0.39, 0.29) is 11.5 Å². The quantitative estimate of drug-likeness (QED) is 0.883. The van der Waals surface area contributed by atoms with Crippen LogP contribution in [0.4, 0.5) is 0 Å². The van der Waals surface area contributed by atoms with Gasteiger partial charge in [-0.3, -0.25) is 0 Å². The summed E-state index contributed by atoms with van der Waals surface area (Å²) in [6.07, 6.45) is 2.21. The fourth-order valence-corrected chi connectivity index (χ4v) is 4.15. The molecule has 0 spiro atoms. The first-order chi connectivity index (χ1) is 8.46. The largest absolute Gasteiger partial charge is 0.508 e. The number of thioether (sulfide) groups is 1. The van der Waals surface area contributed by atoms with Crippen LogP contribution in [0.5, 0.6) is 5.75 Å². The lowest BCUT2D eigenvalue weighted by Gasteiger charge is -2.43. The molecule has 3 heteroatoms. The van der Waals surface area contributed by atoms with Crippen LogP contribution >= 0.6 is 11.8 Å². The smallest absolute Gasteiger partial charge is 0.115 e. The van der Waals surface area contributed by atoms with Crippen molar-refractivity contribution in [2.75, 3.05) is 5.75 Å². The van der Waals surface area contributed by atoms with Crippen molar-refractivity contribution in [1.82, 2.24) is 0 Å². The number of rotatable bonds is 3. The van der Waals surface area contributed by atoms with Crippen LogP contribution in [-0.2, 0) is 11.8 Å². The highest BCUT2D eigenvalue weighted by molar-refractivity contribution is 7.99. The van der Waals surface area contributed by atoms with Gasteiger partial charge in [-0.05, 0) is 41.9 Å². The Kier molecular flexibility index (Phi) is 3.93. The molecular weight excluding hydrogens is 242 g/mol. The molecule has 18 heavy (non-hydrogen) atoms. The number of aromatic hydroxyl groups is 1. The fraction of sp³-hybridized carbons (Fsp3) is 0.600. The molecule has 1 aliphatic rings. The zero-order valence-electron chi connectivity index (χ0n) is 11.4. The van der Waals surface area contributed by atoms with Crippen LogP contribution in [0.25, 0.3) is 0 Å². The van der Waals surface area contributed by atoms with Crippen LogP contribution in [0.15, 0.2) is 18.2 Å². The summed E-state index contributed by atoms with van der Waals surface area (Å²) in [6, 6.07) is 5.87. The van der Waals surface area contributed by atoms with E-state index in [2.05, 4.69) is 26.8 Å². The van der Waals surface area contributed by atoms with Crippen molar-refractivity contribution in [2.24, 2.45) is 5.73 Å².